The first-order valence-electron chi connectivity index (χ1n) is 7.67. The van der Waals surface area contributed by atoms with Crippen molar-refractivity contribution >= 4 is 0 Å². The highest BCUT2D eigenvalue weighted by Gasteiger charge is 2.31. The first-order chi connectivity index (χ1) is 9.46. The van der Waals surface area contributed by atoms with Gasteiger partial charge in [-0.05, 0) is 36.7 Å². The second-order valence-corrected chi connectivity index (χ2v) is 6.93. The fraction of sp³-hybridized carbons (Fsp3) is 0.647. The van der Waals surface area contributed by atoms with Gasteiger partial charge in [-0.3, -0.25) is 0 Å². The maximum Gasteiger partial charge on any atom is 0.0818 e. The summed E-state index contributed by atoms with van der Waals surface area (Å²) in [6, 6.07) is 10.4. The fourth-order valence-electron chi connectivity index (χ4n) is 3.07. The molecule has 1 aromatic rings. The molecule has 4 N–H and O–H groups in total. The van der Waals surface area contributed by atoms with Crippen LogP contribution >= 0.6 is 0 Å². The van der Waals surface area contributed by atoms with E-state index in [2.05, 4.69) is 31.3 Å². The van der Waals surface area contributed by atoms with Gasteiger partial charge in [-0.25, -0.2) is 0 Å². The Kier molecular flexibility index (Phi) is 5.19. The highest BCUT2D eigenvalue weighted by Crippen LogP contribution is 2.36. The lowest BCUT2D eigenvalue weighted by atomic mass is 9.92. The lowest BCUT2D eigenvalue weighted by molar-refractivity contribution is 0.137. The summed E-state index contributed by atoms with van der Waals surface area (Å²) in [5.41, 5.74) is 7.72. The minimum absolute atomic E-state index is 0.209. The SMILES string of the molecule is CC1(C)CCC(NC[C@@H](O)[C@@H](N)Cc2ccccc2)C1. The van der Waals surface area contributed by atoms with Crippen LogP contribution in [0, 0.1) is 5.41 Å². The van der Waals surface area contributed by atoms with E-state index in [1.54, 1.807) is 0 Å². The molecule has 1 aliphatic carbocycles. The van der Waals surface area contributed by atoms with Gasteiger partial charge in [0.05, 0.1) is 6.10 Å². The monoisotopic (exact) mass is 276 g/mol. The van der Waals surface area contributed by atoms with E-state index in [0.717, 1.165) is 6.42 Å². The van der Waals surface area contributed by atoms with E-state index in [0.29, 0.717) is 18.0 Å². The molecule has 2 rings (SSSR count). The van der Waals surface area contributed by atoms with Crippen LogP contribution in [-0.2, 0) is 6.42 Å². The highest BCUT2D eigenvalue weighted by molar-refractivity contribution is 5.16. The number of nitrogens with one attached hydrogen (secondary N) is 1. The Hall–Kier alpha value is -0.900. The van der Waals surface area contributed by atoms with Gasteiger partial charge in [-0.1, -0.05) is 44.2 Å². The summed E-state index contributed by atoms with van der Waals surface area (Å²) in [5.74, 6) is 0. The number of benzene rings is 1. The minimum atomic E-state index is -0.487. The second-order valence-electron chi connectivity index (χ2n) is 6.93. The van der Waals surface area contributed by atoms with Crippen molar-refractivity contribution in [1.29, 1.82) is 0 Å². The van der Waals surface area contributed by atoms with Crippen molar-refractivity contribution in [3.05, 3.63) is 35.9 Å². The summed E-state index contributed by atoms with van der Waals surface area (Å²) >= 11 is 0. The van der Waals surface area contributed by atoms with Crippen LogP contribution in [0.25, 0.3) is 0 Å². The summed E-state index contributed by atoms with van der Waals surface area (Å²) in [7, 11) is 0. The lowest BCUT2D eigenvalue weighted by Gasteiger charge is -2.22. The molecule has 0 bridgehead atoms. The Morgan fingerprint density at radius 1 is 1.35 bits per heavy atom. The van der Waals surface area contributed by atoms with Gasteiger partial charge < -0.3 is 16.2 Å². The Morgan fingerprint density at radius 3 is 2.65 bits per heavy atom. The molecule has 3 nitrogen and oxygen atoms in total. The Labute approximate surface area is 122 Å². The number of nitrogens with two attached hydrogens (primary N) is 1. The smallest absolute Gasteiger partial charge is 0.0818 e. The van der Waals surface area contributed by atoms with Gasteiger partial charge in [-0.15, -0.1) is 0 Å². The fourth-order valence-corrected chi connectivity index (χ4v) is 3.07. The standard InChI is InChI=1S/C17H28N2O/c1-17(2)9-8-14(11-17)19-12-16(20)15(18)10-13-6-4-3-5-7-13/h3-7,14-16,19-20H,8-12,18H2,1-2H3/t14?,15-,16+/m0/s1. The van der Waals surface area contributed by atoms with Gasteiger partial charge in [0, 0.05) is 18.6 Å². The van der Waals surface area contributed by atoms with Crippen LogP contribution in [0.1, 0.15) is 38.7 Å². The van der Waals surface area contributed by atoms with Crippen molar-refractivity contribution in [2.45, 2.75) is 57.7 Å². The van der Waals surface area contributed by atoms with Crippen molar-refractivity contribution in [1.82, 2.24) is 5.32 Å². The lowest BCUT2D eigenvalue weighted by Crippen LogP contribution is -2.45. The molecular formula is C17H28N2O. The van der Waals surface area contributed by atoms with Crippen molar-refractivity contribution in [2.75, 3.05) is 6.54 Å². The molecule has 112 valence electrons. The summed E-state index contributed by atoms with van der Waals surface area (Å²) in [5, 5.41) is 13.7. The second kappa shape index (κ2) is 6.70. The summed E-state index contributed by atoms with van der Waals surface area (Å²) in [4.78, 5) is 0. The zero-order valence-corrected chi connectivity index (χ0v) is 12.7. The third-order valence-corrected chi connectivity index (χ3v) is 4.39. The molecule has 0 heterocycles. The van der Waals surface area contributed by atoms with Crippen LogP contribution in [0.2, 0.25) is 0 Å². The van der Waals surface area contributed by atoms with E-state index in [9.17, 15) is 5.11 Å². The predicted molar refractivity (Wildman–Crippen MR) is 83.6 cm³/mol. The molecule has 0 amide bonds. The maximum atomic E-state index is 10.2. The van der Waals surface area contributed by atoms with E-state index in [1.807, 2.05) is 18.2 Å². The quantitative estimate of drug-likeness (QED) is 0.745. The molecule has 0 aliphatic heterocycles. The zero-order chi connectivity index (χ0) is 14.6. The molecule has 20 heavy (non-hydrogen) atoms. The number of hydrogen-bond donors (Lipinski definition) is 3. The summed E-state index contributed by atoms with van der Waals surface area (Å²) in [6.07, 6.45) is 3.89. The van der Waals surface area contributed by atoms with Gasteiger partial charge in [0.2, 0.25) is 0 Å². The van der Waals surface area contributed by atoms with E-state index < -0.39 is 6.10 Å². The van der Waals surface area contributed by atoms with Crippen LogP contribution in [0.5, 0.6) is 0 Å². The summed E-state index contributed by atoms with van der Waals surface area (Å²) < 4.78 is 0. The van der Waals surface area contributed by atoms with E-state index >= 15 is 0 Å². The largest absolute Gasteiger partial charge is 0.390 e. The van der Waals surface area contributed by atoms with E-state index in [1.165, 1.54) is 24.8 Å². The average Bonchev–Trinajstić information content (AvgIpc) is 2.76. The number of aliphatic hydroxyl groups is 1. The topological polar surface area (TPSA) is 58.3 Å². The van der Waals surface area contributed by atoms with Gasteiger partial charge >= 0.3 is 0 Å². The molecule has 1 saturated carbocycles. The van der Waals surface area contributed by atoms with Gasteiger partial charge in [0.15, 0.2) is 0 Å². The van der Waals surface area contributed by atoms with Crippen molar-refractivity contribution in [2.24, 2.45) is 11.1 Å². The van der Waals surface area contributed by atoms with Crippen LogP contribution in [0.3, 0.4) is 0 Å². The zero-order valence-electron chi connectivity index (χ0n) is 12.7. The molecule has 1 aromatic carbocycles. The molecule has 1 unspecified atom stereocenters. The van der Waals surface area contributed by atoms with Crippen LogP contribution in [0.4, 0.5) is 0 Å². The number of hydrogen-bond acceptors (Lipinski definition) is 3. The third-order valence-electron chi connectivity index (χ3n) is 4.39. The Bertz CT molecular complexity index is 405. The molecule has 3 atom stereocenters. The molecule has 0 spiro atoms. The molecular weight excluding hydrogens is 248 g/mol. The highest BCUT2D eigenvalue weighted by atomic mass is 16.3. The summed E-state index contributed by atoms with van der Waals surface area (Å²) in [6.45, 7) is 5.22. The predicted octanol–water partition coefficient (Wildman–Crippen LogP) is 2.09. The van der Waals surface area contributed by atoms with Crippen molar-refractivity contribution in [3.63, 3.8) is 0 Å². The van der Waals surface area contributed by atoms with Crippen LogP contribution < -0.4 is 11.1 Å². The van der Waals surface area contributed by atoms with Gasteiger partial charge in [0.25, 0.3) is 0 Å². The number of rotatable bonds is 6. The van der Waals surface area contributed by atoms with Crippen molar-refractivity contribution in [3.8, 4) is 0 Å². The van der Waals surface area contributed by atoms with Crippen LogP contribution in [0.15, 0.2) is 30.3 Å². The maximum absolute atomic E-state index is 10.2. The molecule has 1 aliphatic rings. The third kappa shape index (κ3) is 4.58. The Balaban J connectivity index is 1.73. The normalized spacial score (nSPS) is 24.5. The first-order valence-corrected chi connectivity index (χ1v) is 7.67. The van der Waals surface area contributed by atoms with E-state index in [-0.39, 0.29) is 6.04 Å². The average molecular weight is 276 g/mol. The molecule has 1 fully saturated rings. The van der Waals surface area contributed by atoms with Gasteiger partial charge in [0.1, 0.15) is 0 Å². The number of aliphatic hydroxyl groups excluding tert-OH is 1. The molecule has 0 saturated heterocycles. The molecule has 3 heteroatoms. The van der Waals surface area contributed by atoms with Crippen LogP contribution in [-0.4, -0.2) is 29.8 Å². The Morgan fingerprint density at radius 2 is 2.05 bits per heavy atom. The van der Waals surface area contributed by atoms with Gasteiger partial charge in [-0.2, -0.15) is 0 Å². The molecule has 0 radical (unpaired) electrons. The first kappa shape index (κ1) is 15.5. The van der Waals surface area contributed by atoms with E-state index in [4.69, 9.17) is 5.73 Å². The minimum Gasteiger partial charge on any atom is -0.390 e. The van der Waals surface area contributed by atoms with Crippen molar-refractivity contribution < 1.29 is 5.11 Å². The molecule has 0 aromatic heterocycles.